The second-order valence-electron chi connectivity index (χ2n) is 6.06. The van der Waals surface area contributed by atoms with Gasteiger partial charge in [0, 0.05) is 10.7 Å². The van der Waals surface area contributed by atoms with Gasteiger partial charge in [-0.25, -0.2) is 0 Å². The van der Waals surface area contributed by atoms with Crippen molar-refractivity contribution in [3.8, 4) is 0 Å². The summed E-state index contributed by atoms with van der Waals surface area (Å²) >= 11 is 11.3. The van der Waals surface area contributed by atoms with Crippen LogP contribution in [0.3, 0.4) is 0 Å². The van der Waals surface area contributed by atoms with Crippen LogP contribution in [0, 0.1) is 0 Å². The summed E-state index contributed by atoms with van der Waals surface area (Å²) in [7, 11) is 0. The fourth-order valence-electron chi connectivity index (χ4n) is 3.00. The Morgan fingerprint density at radius 2 is 1.74 bits per heavy atom. The van der Waals surface area contributed by atoms with Gasteiger partial charge in [-0.1, -0.05) is 29.8 Å². The molecule has 0 bridgehead atoms. The second-order valence-corrected chi connectivity index (χ2v) is 6.91. The van der Waals surface area contributed by atoms with Crippen LogP contribution in [-0.2, 0) is 12.8 Å². The lowest BCUT2D eigenvalue weighted by Gasteiger charge is -2.21. The van der Waals surface area contributed by atoms with Gasteiger partial charge < -0.3 is 10.6 Å². The summed E-state index contributed by atoms with van der Waals surface area (Å²) < 4.78 is 0. The topological polar surface area (TPSA) is 24.1 Å². The van der Waals surface area contributed by atoms with Gasteiger partial charge in [-0.3, -0.25) is 0 Å². The normalized spacial score (nSPS) is 14.7. The Kier molecular flexibility index (Phi) is 5.19. The zero-order valence-electron chi connectivity index (χ0n) is 13.2. The molecule has 1 aliphatic carbocycles. The molecular weight excluding hydrogens is 324 g/mol. The van der Waals surface area contributed by atoms with E-state index >= 15 is 0 Å². The van der Waals surface area contributed by atoms with Crippen LogP contribution in [0.1, 0.15) is 42.5 Å². The van der Waals surface area contributed by atoms with Crippen molar-refractivity contribution in [1.29, 1.82) is 0 Å². The van der Waals surface area contributed by atoms with Crippen molar-refractivity contribution in [1.82, 2.24) is 5.32 Å². The molecule has 2 nitrogen and oxygen atoms in total. The van der Waals surface area contributed by atoms with E-state index in [0.29, 0.717) is 5.11 Å². The summed E-state index contributed by atoms with van der Waals surface area (Å²) in [6.45, 7) is 2.14. The number of hydrogen-bond acceptors (Lipinski definition) is 1. The molecule has 0 heterocycles. The smallest absolute Gasteiger partial charge is 0.171 e. The van der Waals surface area contributed by atoms with Crippen molar-refractivity contribution in [3.63, 3.8) is 0 Å². The monoisotopic (exact) mass is 344 g/mol. The molecule has 2 N–H and O–H groups in total. The zero-order chi connectivity index (χ0) is 16.2. The molecule has 0 spiro atoms. The van der Waals surface area contributed by atoms with Crippen LogP contribution < -0.4 is 10.6 Å². The summed E-state index contributed by atoms with van der Waals surface area (Å²) in [6.07, 6.45) is 5.03. The molecule has 0 unspecified atom stereocenters. The number of nitrogens with one attached hydrogen (secondary N) is 2. The predicted octanol–water partition coefficient (Wildman–Crippen LogP) is 5.27. The molecule has 120 valence electrons. The van der Waals surface area contributed by atoms with E-state index < -0.39 is 0 Å². The highest BCUT2D eigenvalue weighted by atomic mass is 35.5. The lowest BCUT2D eigenvalue weighted by Crippen LogP contribution is -2.31. The van der Waals surface area contributed by atoms with Crippen LogP contribution in [0.15, 0.2) is 42.5 Å². The molecule has 0 radical (unpaired) electrons. The van der Waals surface area contributed by atoms with Gasteiger partial charge in [0.25, 0.3) is 0 Å². The first-order valence-corrected chi connectivity index (χ1v) is 8.85. The Labute approximate surface area is 148 Å². The largest absolute Gasteiger partial charge is 0.356 e. The van der Waals surface area contributed by atoms with Crippen LogP contribution in [0.5, 0.6) is 0 Å². The molecule has 1 aliphatic rings. The van der Waals surface area contributed by atoms with Crippen LogP contribution in [-0.4, -0.2) is 5.11 Å². The van der Waals surface area contributed by atoms with Crippen molar-refractivity contribution in [3.05, 3.63) is 64.2 Å². The van der Waals surface area contributed by atoms with Gasteiger partial charge in [0.05, 0.1) is 6.04 Å². The minimum Gasteiger partial charge on any atom is -0.356 e. The molecule has 2 aromatic rings. The number of rotatable bonds is 3. The SMILES string of the molecule is C[C@H](NC(=S)Nc1ccc(Cl)cc1)c1ccc2c(c1)CCCC2. The highest BCUT2D eigenvalue weighted by molar-refractivity contribution is 7.80. The van der Waals surface area contributed by atoms with E-state index in [9.17, 15) is 0 Å². The highest BCUT2D eigenvalue weighted by Crippen LogP contribution is 2.24. The average Bonchev–Trinajstić information content (AvgIpc) is 2.56. The van der Waals surface area contributed by atoms with Gasteiger partial charge in [-0.05, 0) is 85.8 Å². The molecule has 0 fully saturated rings. The van der Waals surface area contributed by atoms with E-state index in [2.05, 4.69) is 35.8 Å². The number of thiocarbonyl (C=S) groups is 1. The van der Waals surface area contributed by atoms with Crippen LogP contribution in [0.2, 0.25) is 5.02 Å². The number of anilines is 1. The number of aryl methyl sites for hydroxylation is 2. The van der Waals surface area contributed by atoms with Crippen molar-refractivity contribution < 1.29 is 0 Å². The fraction of sp³-hybridized carbons (Fsp3) is 0.316. The molecule has 0 aliphatic heterocycles. The quantitative estimate of drug-likeness (QED) is 0.742. The van der Waals surface area contributed by atoms with Gasteiger partial charge in [0.1, 0.15) is 0 Å². The van der Waals surface area contributed by atoms with Gasteiger partial charge in [0.15, 0.2) is 5.11 Å². The highest BCUT2D eigenvalue weighted by Gasteiger charge is 2.13. The van der Waals surface area contributed by atoms with E-state index in [1.165, 1.54) is 42.4 Å². The number of benzene rings is 2. The Balaban J connectivity index is 1.63. The van der Waals surface area contributed by atoms with Crippen molar-refractivity contribution in [2.45, 2.75) is 38.6 Å². The first kappa shape index (κ1) is 16.3. The fourth-order valence-corrected chi connectivity index (χ4v) is 3.42. The summed E-state index contributed by atoms with van der Waals surface area (Å²) in [6, 6.07) is 14.5. The molecule has 4 heteroatoms. The van der Waals surface area contributed by atoms with Gasteiger partial charge in [-0.15, -0.1) is 0 Å². The molecule has 0 amide bonds. The summed E-state index contributed by atoms with van der Waals surface area (Å²) in [5.41, 5.74) is 5.23. The maximum absolute atomic E-state index is 5.89. The van der Waals surface area contributed by atoms with E-state index in [1.807, 2.05) is 24.3 Å². The number of hydrogen-bond donors (Lipinski definition) is 2. The molecule has 0 aromatic heterocycles. The van der Waals surface area contributed by atoms with E-state index in [1.54, 1.807) is 0 Å². The van der Waals surface area contributed by atoms with E-state index in [0.717, 1.165) is 10.7 Å². The minimum absolute atomic E-state index is 0.175. The molecule has 0 saturated heterocycles. The lowest BCUT2D eigenvalue weighted by atomic mass is 9.89. The summed E-state index contributed by atoms with van der Waals surface area (Å²) in [5.74, 6) is 0. The lowest BCUT2D eigenvalue weighted by molar-refractivity contribution is 0.675. The van der Waals surface area contributed by atoms with Crippen LogP contribution >= 0.6 is 23.8 Å². The van der Waals surface area contributed by atoms with Crippen molar-refractivity contribution >= 4 is 34.6 Å². The van der Waals surface area contributed by atoms with E-state index in [4.69, 9.17) is 23.8 Å². The van der Waals surface area contributed by atoms with Gasteiger partial charge in [0.2, 0.25) is 0 Å². The summed E-state index contributed by atoms with van der Waals surface area (Å²) in [4.78, 5) is 0. The van der Waals surface area contributed by atoms with Gasteiger partial charge in [-0.2, -0.15) is 0 Å². The van der Waals surface area contributed by atoms with Crippen LogP contribution in [0.25, 0.3) is 0 Å². The first-order chi connectivity index (χ1) is 11.1. The predicted molar refractivity (Wildman–Crippen MR) is 102 cm³/mol. The minimum atomic E-state index is 0.175. The third-order valence-electron chi connectivity index (χ3n) is 4.32. The van der Waals surface area contributed by atoms with Crippen molar-refractivity contribution in [2.75, 3.05) is 5.32 Å². The average molecular weight is 345 g/mol. The zero-order valence-corrected chi connectivity index (χ0v) is 14.8. The molecule has 23 heavy (non-hydrogen) atoms. The molecule has 1 atom stereocenters. The summed E-state index contributed by atoms with van der Waals surface area (Å²) in [5, 5.41) is 7.89. The maximum Gasteiger partial charge on any atom is 0.171 e. The Hall–Kier alpha value is -1.58. The van der Waals surface area contributed by atoms with Gasteiger partial charge >= 0.3 is 0 Å². The Morgan fingerprint density at radius 1 is 1.04 bits per heavy atom. The molecule has 3 rings (SSSR count). The number of fused-ring (bicyclic) bond motifs is 1. The van der Waals surface area contributed by atoms with E-state index in [-0.39, 0.29) is 6.04 Å². The maximum atomic E-state index is 5.89. The molecule has 2 aromatic carbocycles. The van der Waals surface area contributed by atoms with Crippen molar-refractivity contribution in [2.24, 2.45) is 0 Å². The third-order valence-corrected chi connectivity index (χ3v) is 4.79. The second kappa shape index (κ2) is 7.33. The van der Waals surface area contributed by atoms with Crippen LogP contribution in [0.4, 0.5) is 5.69 Å². The molecule has 0 saturated carbocycles. The Morgan fingerprint density at radius 3 is 2.48 bits per heavy atom. The number of halogens is 1. The standard InChI is InChI=1S/C19H21ClN2S/c1-13(15-7-6-14-4-2-3-5-16(14)12-15)21-19(23)22-18-10-8-17(20)9-11-18/h6-13H,2-5H2,1H3,(H2,21,22,23)/t13-/m0/s1. The Bertz CT molecular complexity index is 697. The first-order valence-electron chi connectivity index (χ1n) is 8.06. The molecular formula is C19H21ClN2S. The third kappa shape index (κ3) is 4.24.